The number of piperazine rings is 1. The second-order valence-corrected chi connectivity index (χ2v) is 7.29. The Morgan fingerprint density at radius 3 is 2.62 bits per heavy atom. The molecule has 8 heteroatoms. The molecule has 2 aromatic heterocycles. The van der Waals surface area contributed by atoms with Crippen molar-refractivity contribution < 1.29 is 0 Å². The molecular formula is C21H28N8. The first kappa shape index (κ1) is 19.2. The molecule has 1 aliphatic heterocycles. The van der Waals surface area contributed by atoms with Gasteiger partial charge in [0.15, 0.2) is 11.6 Å². The molecule has 3 aromatic rings. The van der Waals surface area contributed by atoms with E-state index in [0.717, 1.165) is 58.1 Å². The van der Waals surface area contributed by atoms with Gasteiger partial charge >= 0.3 is 0 Å². The lowest BCUT2D eigenvalue weighted by Crippen LogP contribution is -2.46. The lowest BCUT2D eigenvalue weighted by Gasteiger charge is -2.36. The first-order chi connectivity index (χ1) is 14.3. The highest BCUT2D eigenvalue weighted by Gasteiger charge is 2.21. The number of aryl methyl sites for hydroxylation is 1. The van der Waals surface area contributed by atoms with Gasteiger partial charge in [-0.05, 0) is 12.0 Å². The third-order valence-electron chi connectivity index (χ3n) is 5.23. The van der Waals surface area contributed by atoms with Crippen molar-refractivity contribution >= 4 is 17.3 Å². The Morgan fingerprint density at radius 1 is 1.03 bits per heavy atom. The van der Waals surface area contributed by atoms with Crippen molar-refractivity contribution in [2.24, 2.45) is 0 Å². The van der Waals surface area contributed by atoms with Crippen molar-refractivity contribution in [2.75, 3.05) is 48.7 Å². The topological polar surface area (TPSA) is 88.1 Å². The van der Waals surface area contributed by atoms with E-state index < -0.39 is 0 Å². The van der Waals surface area contributed by atoms with Crippen molar-refractivity contribution in [2.45, 2.75) is 19.5 Å². The summed E-state index contributed by atoms with van der Waals surface area (Å²) in [5.74, 6) is 1.55. The van der Waals surface area contributed by atoms with Crippen molar-refractivity contribution in [1.82, 2.24) is 24.4 Å². The summed E-state index contributed by atoms with van der Waals surface area (Å²) in [5.41, 5.74) is 8.37. The SMILES string of the molecule is Nc1c(NCCCn2ccnc2)ncnc1N1CCN(Cc2ccccc2)CC1. The summed E-state index contributed by atoms with van der Waals surface area (Å²) in [7, 11) is 0. The van der Waals surface area contributed by atoms with Gasteiger partial charge in [-0.1, -0.05) is 30.3 Å². The summed E-state index contributed by atoms with van der Waals surface area (Å²) in [4.78, 5) is 17.6. The number of benzene rings is 1. The molecule has 1 saturated heterocycles. The van der Waals surface area contributed by atoms with Crippen molar-refractivity contribution in [1.29, 1.82) is 0 Å². The predicted molar refractivity (Wildman–Crippen MR) is 116 cm³/mol. The van der Waals surface area contributed by atoms with Crippen molar-refractivity contribution in [3.63, 3.8) is 0 Å². The molecule has 1 aliphatic rings. The largest absolute Gasteiger partial charge is 0.393 e. The number of nitrogens with one attached hydrogen (secondary N) is 1. The van der Waals surface area contributed by atoms with E-state index in [1.54, 1.807) is 12.5 Å². The lowest BCUT2D eigenvalue weighted by molar-refractivity contribution is 0.249. The molecule has 0 bridgehead atoms. The fourth-order valence-electron chi connectivity index (χ4n) is 3.63. The van der Waals surface area contributed by atoms with Gasteiger partial charge in [-0.2, -0.15) is 0 Å². The zero-order chi connectivity index (χ0) is 19.9. The highest BCUT2D eigenvalue weighted by Crippen LogP contribution is 2.27. The molecule has 0 spiro atoms. The van der Waals surface area contributed by atoms with Crippen LogP contribution in [-0.4, -0.2) is 57.1 Å². The number of nitrogens with two attached hydrogens (primary N) is 1. The van der Waals surface area contributed by atoms with Crippen LogP contribution in [0.5, 0.6) is 0 Å². The van der Waals surface area contributed by atoms with Gasteiger partial charge in [-0.15, -0.1) is 0 Å². The summed E-state index contributed by atoms with van der Waals surface area (Å²) >= 11 is 0. The molecule has 3 N–H and O–H groups in total. The molecule has 0 saturated carbocycles. The second kappa shape index (κ2) is 9.38. The van der Waals surface area contributed by atoms with Crippen LogP contribution >= 0.6 is 0 Å². The second-order valence-electron chi connectivity index (χ2n) is 7.29. The molecule has 4 rings (SSSR count). The van der Waals surface area contributed by atoms with Crippen LogP contribution in [0.4, 0.5) is 17.3 Å². The van der Waals surface area contributed by atoms with Gasteiger partial charge in [0.1, 0.15) is 12.0 Å². The van der Waals surface area contributed by atoms with Gasteiger partial charge < -0.3 is 20.5 Å². The summed E-state index contributed by atoms with van der Waals surface area (Å²) < 4.78 is 2.06. The number of hydrogen-bond acceptors (Lipinski definition) is 7. The van der Waals surface area contributed by atoms with E-state index in [9.17, 15) is 0 Å². The molecular weight excluding hydrogens is 364 g/mol. The normalized spacial score (nSPS) is 14.8. The summed E-state index contributed by atoms with van der Waals surface area (Å²) in [6.45, 7) is 6.50. The fourth-order valence-corrected chi connectivity index (χ4v) is 3.63. The first-order valence-electron chi connectivity index (χ1n) is 10.1. The molecule has 8 nitrogen and oxygen atoms in total. The molecule has 0 atom stereocenters. The summed E-state index contributed by atoms with van der Waals surface area (Å²) in [6.07, 6.45) is 8.15. The Bertz CT molecular complexity index is 873. The van der Waals surface area contributed by atoms with Gasteiger partial charge in [0.05, 0.1) is 6.33 Å². The smallest absolute Gasteiger partial charge is 0.157 e. The fraction of sp³-hybridized carbons (Fsp3) is 0.381. The maximum absolute atomic E-state index is 6.39. The number of aromatic nitrogens is 4. The number of anilines is 3. The van der Waals surface area contributed by atoms with Gasteiger partial charge in [0.2, 0.25) is 0 Å². The predicted octanol–water partition coefficient (Wildman–Crippen LogP) is 2.08. The molecule has 0 amide bonds. The summed E-state index contributed by atoms with van der Waals surface area (Å²) in [5, 5.41) is 3.35. The number of imidazole rings is 1. The average Bonchev–Trinajstić information content (AvgIpc) is 3.27. The van der Waals surface area contributed by atoms with E-state index in [4.69, 9.17) is 5.73 Å². The van der Waals surface area contributed by atoms with Crippen LogP contribution in [0.25, 0.3) is 0 Å². The van der Waals surface area contributed by atoms with E-state index in [1.165, 1.54) is 5.56 Å². The molecule has 0 radical (unpaired) electrons. The van der Waals surface area contributed by atoms with Crippen LogP contribution in [0.2, 0.25) is 0 Å². The number of nitrogens with zero attached hydrogens (tertiary/aromatic N) is 6. The van der Waals surface area contributed by atoms with Crippen LogP contribution in [0.3, 0.4) is 0 Å². The Morgan fingerprint density at radius 2 is 1.86 bits per heavy atom. The maximum Gasteiger partial charge on any atom is 0.157 e. The standard InChI is InChI=1S/C21H28N8/c22-19-20(24-7-4-9-28-10-8-23-17-28)25-16-26-21(19)29-13-11-27(12-14-29)15-18-5-2-1-3-6-18/h1-3,5-6,8,10,16-17H,4,7,9,11-15,22H2,(H,24,25,26). The van der Waals surface area contributed by atoms with Crippen LogP contribution in [0.15, 0.2) is 55.4 Å². The van der Waals surface area contributed by atoms with Gasteiger partial charge in [-0.25, -0.2) is 15.0 Å². The minimum absolute atomic E-state index is 0.631. The molecule has 3 heterocycles. The Balaban J connectivity index is 1.29. The van der Waals surface area contributed by atoms with Crippen molar-refractivity contribution in [3.05, 3.63) is 60.9 Å². The third kappa shape index (κ3) is 5.03. The van der Waals surface area contributed by atoms with E-state index in [0.29, 0.717) is 11.5 Å². The molecule has 0 aliphatic carbocycles. The minimum atomic E-state index is 0.631. The zero-order valence-corrected chi connectivity index (χ0v) is 16.6. The number of nitrogen functional groups attached to an aromatic ring is 1. The summed E-state index contributed by atoms with van der Waals surface area (Å²) in [6, 6.07) is 10.6. The first-order valence-corrected chi connectivity index (χ1v) is 10.1. The Hall–Kier alpha value is -3.13. The van der Waals surface area contributed by atoms with Crippen LogP contribution in [0, 0.1) is 0 Å². The molecule has 0 unspecified atom stereocenters. The van der Waals surface area contributed by atoms with Gasteiger partial charge in [0.25, 0.3) is 0 Å². The molecule has 152 valence electrons. The molecule has 29 heavy (non-hydrogen) atoms. The maximum atomic E-state index is 6.39. The average molecular weight is 393 g/mol. The zero-order valence-electron chi connectivity index (χ0n) is 16.6. The third-order valence-corrected chi connectivity index (χ3v) is 5.23. The Labute approximate surface area is 171 Å². The van der Waals surface area contributed by atoms with Crippen LogP contribution in [0.1, 0.15) is 12.0 Å². The van der Waals surface area contributed by atoms with Crippen LogP contribution in [-0.2, 0) is 13.1 Å². The van der Waals surface area contributed by atoms with Crippen LogP contribution < -0.4 is 16.0 Å². The lowest BCUT2D eigenvalue weighted by atomic mass is 10.2. The van der Waals surface area contributed by atoms with E-state index >= 15 is 0 Å². The highest BCUT2D eigenvalue weighted by molar-refractivity contribution is 5.75. The van der Waals surface area contributed by atoms with Crippen molar-refractivity contribution in [3.8, 4) is 0 Å². The molecule has 1 aromatic carbocycles. The monoisotopic (exact) mass is 392 g/mol. The number of rotatable bonds is 8. The molecule has 1 fully saturated rings. The van der Waals surface area contributed by atoms with E-state index in [2.05, 4.69) is 65.0 Å². The number of hydrogen-bond donors (Lipinski definition) is 2. The minimum Gasteiger partial charge on any atom is -0.393 e. The quantitative estimate of drug-likeness (QED) is 0.568. The van der Waals surface area contributed by atoms with E-state index in [1.807, 2.05) is 12.5 Å². The van der Waals surface area contributed by atoms with Gasteiger partial charge in [-0.3, -0.25) is 4.90 Å². The van der Waals surface area contributed by atoms with E-state index in [-0.39, 0.29) is 0 Å². The highest BCUT2D eigenvalue weighted by atomic mass is 15.3. The Kier molecular flexibility index (Phi) is 6.21. The van der Waals surface area contributed by atoms with Gasteiger partial charge in [0, 0.05) is 58.2 Å².